The first-order valence-corrected chi connectivity index (χ1v) is 9.76. The van der Waals surface area contributed by atoms with Crippen LogP contribution in [-0.4, -0.2) is 35.4 Å². The average molecular weight is 398 g/mol. The largest absolute Gasteiger partial charge is 0.497 e. The molecule has 0 bridgehead atoms. The number of benzene rings is 2. The van der Waals surface area contributed by atoms with Crippen molar-refractivity contribution in [3.8, 4) is 17.2 Å². The molecule has 0 aliphatic heterocycles. The smallest absolute Gasteiger partial charge is 0.234 e. The lowest BCUT2D eigenvalue weighted by Crippen LogP contribution is -2.15. The minimum atomic E-state index is -0.136. The molecule has 0 saturated carbocycles. The van der Waals surface area contributed by atoms with E-state index in [1.807, 2.05) is 10.8 Å². The number of thioether (sulfide) groups is 1. The first-order chi connectivity index (χ1) is 13.5. The topological polar surface area (TPSA) is 65.4 Å². The predicted octanol–water partition coefficient (Wildman–Crippen LogP) is 4.24. The van der Waals surface area contributed by atoms with Crippen LogP contribution in [0, 0.1) is 13.8 Å². The molecular weight excluding hydrogens is 374 g/mol. The summed E-state index contributed by atoms with van der Waals surface area (Å²) >= 11 is 1.38. The maximum Gasteiger partial charge on any atom is 0.234 e. The van der Waals surface area contributed by atoms with Crippen LogP contribution in [0.25, 0.3) is 5.69 Å². The number of rotatable bonds is 7. The second-order valence-corrected chi connectivity index (χ2v) is 7.19. The normalized spacial score (nSPS) is 10.6. The summed E-state index contributed by atoms with van der Waals surface area (Å²) in [6, 6.07) is 11.5. The van der Waals surface area contributed by atoms with E-state index in [1.54, 1.807) is 38.6 Å². The van der Waals surface area contributed by atoms with Crippen molar-refractivity contribution < 1.29 is 14.3 Å². The van der Waals surface area contributed by atoms with Gasteiger partial charge >= 0.3 is 0 Å². The molecule has 1 aromatic heterocycles. The number of nitrogens with zero attached hydrogens (tertiary/aromatic N) is 2. The highest BCUT2D eigenvalue weighted by Crippen LogP contribution is 2.29. The zero-order valence-electron chi connectivity index (χ0n) is 16.4. The third kappa shape index (κ3) is 4.48. The third-order valence-electron chi connectivity index (χ3n) is 4.39. The number of carbonyl (C=O) groups is 1. The number of methoxy groups -OCH3 is 2. The van der Waals surface area contributed by atoms with E-state index >= 15 is 0 Å². The number of hydrogen-bond acceptors (Lipinski definition) is 5. The van der Waals surface area contributed by atoms with E-state index < -0.39 is 0 Å². The summed E-state index contributed by atoms with van der Waals surface area (Å²) in [5.41, 5.74) is 4.09. The molecule has 0 saturated heterocycles. The molecule has 0 spiro atoms. The molecule has 0 aliphatic carbocycles. The molecular formula is C21H23N3O3S. The number of carbonyl (C=O) groups excluding carboxylic acids is 1. The summed E-state index contributed by atoms with van der Waals surface area (Å²) in [6.07, 6.45) is 3.64. The minimum absolute atomic E-state index is 0.136. The molecule has 0 aliphatic rings. The Morgan fingerprint density at radius 2 is 1.93 bits per heavy atom. The van der Waals surface area contributed by atoms with Crippen LogP contribution in [0.2, 0.25) is 0 Å². The van der Waals surface area contributed by atoms with E-state index in [0.717, 1.165) is 10.8 Å². The van der Waals surface area contributed by atoms with Gasteiger partial charge in [0.15, 0.2) is 5.16 Å². The Morgan fingerprint density at radius 3 is 2.64 bits per heavy atom. The highest BCUT2D eigenvalue weighted by molar-refractivity contribution is 7.99. The fourth-order valence-electron chi connectivity index (χ4n) is 2.69. The first-order valence-electron chi connectivity index (χ1n) is 8.77. The Labute approximate surface area is 168 Å². The molecule has 7 heteroatoms. The zero-order valence-corrected chi connectivity index (χ0v) is 17.2. The van der Waals surface area contributed by atoms with Crippen molar-refractivity contribution in [3.63, 3.8) is 0 Å². The molecule has 0 unspecified atom stereocenters. The third-order valence-corrected chi connectivity index (χ3v) is 5.36. The molecule has 2 aromatic carbocycles. The SMILES string of the molecule is COc1ccc(NC(=O)CSc2nccn2-c2ccc(C)c(C)c2)c(OC)c1. The van der Waals surface area contributed by atoms with E-state index in [9.17, 15) is 4.79 Å². The van der Waals surface area contributed by atoms with E-state index in [0.29, 0.717) is 17.2 Å². The van der Waals surface area contributed by atoms with Gasteiger partial charge in [0, 0.05) is 24.1 Å². The van der Waals surface area contributed by atoms with Crippen LogP contribution in [0.4, 0.5) is 5.69 Å². The molecule has 3 rings (SSSR count). The molecule has 1 heterocycles. The summed E-state index contributed by atoms with van der Waals surface area (Å²) in [7, 11) is 3.14. The fourth-order valence-corrected chi connectivity index (χ4v) is 3.46. The van der Waals surface area contributed by atoms with E-state index in [1.165, 1.54) is 22.9 Å². The van der Waals surface area contributed by atoms with Gasteiger partial charge in [0.1, 0.15) is 11.5 Å². The summed E-state index contributed by atoms with van der Waals surface area (Å²) in [6.45, 7) is 4.17. The van der Waals surface area contributed by atoms with Crippen molar-refractivity contribution >= 4 is 23.4 Å². The standard InChI is InChI=1S/C21H23N3O3S/c1-14-5-6-16(11-15(14)2)24-10-9-22-21(24)28-13-20(25)23-18-8-7-17(26-3)12-19(18)27-4/h5-12H,13H2,1-4H3,(H,23,25). The number of aryl methyl sites for hydroxylation is 2. The Kier molecular flexibility index (Phi) is 6.26. The van der Waals surface area contributed by atoms with Gasteiger partial charge in [-0.1, -0.05) is 17.8 Å². The second-order valence-electron chi connectivity index (χ2n) is 6.25. The van der Waals surface area contributed by atoms with Gasteiger partial charge in [-0.15, -0.1) is 0 Å². The van der Waals surface area contributed by atoms with E-state index in [2.05, 4.69) is 42.3 Å². The molecule has 1 amide bonds. The lowest BCUT2D eigenvalue weighted by Gasteiger charge is -2.12. The number of aromatic nitrogens is 2. The van der Waals surface area contributed by atoms with Crippen molar-refractivity contribution in [2.24, 2.45) is 0 Å². The van der Waals surface area contributed by atoms with Gasteiger partial charge in [0.05, 0.1) is 25.7 Å². The van der Waals surface area contributed by atoms with Gasteiger partial charge in [-0.2, -0.15) is 0 Å². The van der Waals surface area contributed by atoms with Crippen molar-refractivity contribution in [2.75, 3.05) is 25.3 Å². The van der Waals surface area contributed by atoms with Gasteiger partial charge in [0.25, 0.3) is 0 Å². The Balaban J connectivity index is 1.68. The number of ether oxygens (including phenoxy) is 2. The summed E-state index contributed by atoms with van der Waals surface area (Å²) in [4.78, 5) is 16.8. The highest BCUT2D eigenvalue weighted by atomic mass is 32.2. The molecule has 146 valence electrons. The van der Waals surface area contributed by atoms with Crippen LogP contribution in [0.3, 0.4) is 0 Å². The van der Waals surface area contributed by atoms with Crippen molar-refractivity contribution in [1.29, 1.82) is 0 Å². The zero-order chi connectivity index (χ0) is 20.1. The molecule has 3 aromatic rings. The van der Waals surface area contributed by atoms with Crippen LogP contribution in [-0.2, 0) is 4.79 Å². The van der Waals surface area contributed by atoms with Crippen molar-refractivity contribution in [3.05, 3.63) is 59.9 Å². The highest BCUT2D eigenvalue weighted by Gasteiger charge is 2.12. The van der Waals surface area contributed by atoms with Crippen LogP contribution in [0.5, 0.6) is 11.5 Å². The van der Waals surface area contributed by atoms with Gasteiger partial charge in [-0.3, -0.25) is 9.36 Å². The van der Waals surface area contributed by atoms with Crippen molar-refractivity contribution in [1.82, 2.24) is 9.55 Å². The fraction of sp³-hybridized carbons (Fsp3) is 0.238. The molecule has 0 atom stereocenters. The van der Waals surface area contributed by atoms with Gasteiger partial charge in [-0.25, -0.2) is 4.98 Å². The number of anilines is 1. The van der Waals surface area contributed by atoms with Crippen LogP contribution in [0.15, 0.2) is 53.9 Å². The number of hydrogen-bond donors (Lipinski definition) is 1. The Morgan fingerprint density at radius 1 is 1.11 bits per heavy atom. The quantitative estimate of drug-likeness (QED) is 0.604. The summed E-state index contributed by atoms with van der Waals surface area (Å²) in [5.74, 6) is 1.31. The predicted molar refractivity (Wildman–Crippen MR) is 112 cm³/mol. The monoisotopic (exact) mass is 397 g/mol. The lowest BCUT2D eigenvalue weighted by molar-refractivity contribution is -0.113. The lowest BCUT2D eigenvalue weighted by atomic mass is 10.1. The van der Waals surface area contributed by atoms with Crippen LogP contribution < -0.4 is 14.8 Å². The Hall–Kier alpha value is -2.93. The second kappa shape index (κ2) is 8.84. The van der Waals surface area contributed by atoms with Gasteiger partial charge < -0.3 is 14.8 Å². The molecule has 0 fully saturated rings. The molecule has 6 nitrogen and oxygen atoms in total. The maximum absolute atomic E-state index is 12.4. The Bertz CT molecular complexity index is 985. The van der Waals surface area contributed by atoms with E-state index in [4.69, 9.17) is 9.47 Å². The number of nitrogens with one attached hydrogen (secondary N) is 1. The van der Waals surface area contributed by atoms with E-state index in [-0.39, 0.29) is 11.7 Å². The van der Waals surface area contributed by atoms with Crippen molar-refractivity contribution in [2.45, 2.75) is 19.0 Å². The molecule has 0 radical (unpaired) electrons. The minimum Gasteiger partial charge on any atom is -0.497 e. The average Bonchev–Trinajstić information content (AvgIpc) is 3.17. The van der Waals surface area contributed by atoms with Gasteiger partial charge in [-0.05, 0) is 49.2 Å². The summed E-state index contributed by atoms with van der Waals surface area (Å²) < 4.78 is 12.5. The maximum atomic E-state index is 12.4. The first kappa shape index (κ1) is 19.8. The van der Waals surface area contributed by atoms with Gasteiger partial charge in [0.2, 0.25) is 5.91 Å². The molecule has 1 N–H and O–H groups in total. The molecule has 28 heavy (non-hydrogen) atoms. The van der Waals surface area contributed by atoms with Crippen LogP contribution in [0.1, 0.15) is 11.1 Å². The summed E-state index contributed by atoms with van der Waals surface area (Å²) in [5, 5.41) is 3.64. The number of amides is 1. The van der Waals surface area contributed by atoms with Crippen LogP contribution >= 0.6 is 11.8 Å². The number of imidazole rings is 1.